The van der Waals surface area contributed by atoms with E-state index in [0.717, 1.165) is 0 Å². The molecule has 0 saturated carbocycles. The Balaban J connectivity index is 2.13. The van der Waals surface area contributed by atoms with E-state index in [1.807, 2.05) is 5.38 Å². The highest BCUT2D eigenvalue weighted by molar-refractivity contribution is 7.09. The van der Waals surface area contributed by atoms with Crippen molar-refractivity contribution in [2.45, 2.75) is 0 Å². The second-order valence-corrected chi connectivity index (χ2v) is 3.75. The highest BCUT2D eigenvalue weighted by atomic mass is 32.1. The van der Waals surface area contributed by atoms with Gasteiger partial charge in [0.25, 0.3) is 0 Å². The molecule has 1 fully saturated rings. The van der Waals surface area contributed by atoms with Gasteiger partial charge in [-0.1, -0.05) is 0 Å². The minimum atomic E-state index is -0.904. The van der Waals surface area contributed by atoms with Crippen molar-refractivity contribution >= 4 is 35.9 Å². The first-order valence-corrected chi connectivity index (χ1v) is 5.32. The van der Waals surface area contributed by atoms with E-state index in [-0.39, 0.29) is 13.1 Å². The predicted molar refractivity (Wildman–Crippen MR) is 54.8 cm³/mol. The molecule has 0 aliphatic carbocycles. The number of carbonyl (C=O) groups excluding carboxylic acids is 2. The molecule has 1 N–H and O–H groups in total. The molecule has 0 spiro atoms. The lowest BCUT2D eigenvalue weighted by Gasteiger charge is -2.16. The van der Waals surface area contributed by atoms with Gasteiger partial charge in [-0.15, -0.1) is 0 Å². The minimum Gasteiger partial charge on any atom is -0.494 e. The maximum atomic E-state index is 11.2. The first-order chi connectivity index (χ1) is 7.25. The molecule has 0 radical (unpaired) electrons. The highest BCUT2D eigenvalue weighted by Gasteiger charge is 2.32. The van der Waals surface area contributed by atoms with Crippen LogP contribution in [0.1, 0.15) is 0 Å². The third-order valence-electron chi connectivity index (χ3n) is 1.83. The molecule has 0 aromatic carbocycles. The van der Waals surface area contributed by atoms with Crippen LogP contribution in [0, 0.1) is 0 Å². The number of hydrogen-bond donors (Lipinski definition) is 1. The smallest absolute Gasteiger partial charge is 0.494 e. The summed E-state index contributed by atoms with van der Waals surface area (Å²) in [5.74, 6) is -0.864. The Labute approximate surface area is 90.5 Å². The van der Waals surface area contributed by atoms with Crippen molar-refractivity contribution in [2.75, 3.05) is 13.1 Å². The summed E-state index contributed by atoms with van der Waals surface area (Å²) >= 11 is 1.45. The third-order valence-corrected chi connectivity index (χ3v) is 2.53. The van der Waals surface area contributed by atoms with E-state index in [1.165, 1.54) is 11.3 Å². The average molecular weight is 225 g/mol. The van der Waals surface area contributed by atoms with E-state index < -0.39 is 19.1 Å². The van der Waals surface area contributed by atoms with Gasteiger partial charge in [0.1, 0.15) is 0 Å². The Hall–Kier alpha value is -1.34. The molecule has 0 unspecified atom stereocenters. The molecular weight excluding hydrogens is 217 g/mol. The molecule has 7 heteroatoms. The quantitative estimate of drug-likeness (QED) is 0.629. The molecule has 78 valence electrons. The Bertz CT molecular complexity index is 349. The predicted octanol–water partition coefficient (Wildman–Crippen LogP) is -0.867. The largest absolute Gasteiger partial charge is 0.637 e. The zero-order valence-corrected chi connectivity index (χ0v) is 8.58. The molecule has 1 aromatic rings. The Morgan fingerprint density at radius 3 is 2.47 bits per heavy atom. The maximum absolute atomic E-state index is 11.2. The van der Waals surface area contributed by atoms with Gasteiger partial charge in [-0.2, -0.15) is 11.3 Å². The molecule has 0 bridgehead atoms. The van der Waals surface area contributed by atoms with Crippen LogP contribution >= 0.6 is 11.3 Å². The topological polar surface area (TPSA) is 64.6 Å². The summed E-state index contributed by atoms with van der Waals surface area (Å²) < 4.78 is 9.94. The summed E-state index contributed by atoms with van der Waals surface area (Å²) in [6.45, 7) is 0.0471. The van der Waals surface area contributed by atoms with Gasteiger partial charge < -0.3 is 9.31 Å². The molecule has 0 amide bonds. The summed E-state index contributed by atoms with van der Waals surface area (Å²) in [6.07, 6.45) is 0. The van der Waals surface area contributed by atoms with E-state index in [2.05, 4.69) is 5.32 Å². The molecule has 1 aliphatic heterocycles. The van der Waals surface area contributed by atoms with Gasteiger partial charge in [-0.3, -0.25) is 14.9 Å². The standard InChI is InChI=1S/C8H8BNO4S/c11-7-3-10-4-8(12)14-9(13-7)6-1-2-15-5-6/h1-2,5,10H,3-4H2. The van der Waals surface area contributed by atoms with Crippen LogP contribution in [0.25, 0.3) is 0 Å². The summed E-state index contributed by atoms with van der Waals surface area (Å²) in [7, 11) is -0.904. The van der Waals surface area contributed by atoms with Crippen molar-refractivity contribution in [2.24, 2.45) is 0 Å². The fraction of sp³-hybridized carbons (Fsp3) is 0.250. The lowest BCUT2D eigenvalue weighted by molar-refractivity contribution is -0.141. The van der Waals surface area contributed by atoms with Crippen molar-refractivity contribution in [3.8, 4) is 0 Å². The fourth-order valence-corrected chi connectivity index (χ4v) is 1.82. The zero-order chi connectivity index (χ0) is 10.7. The van der Waals surface area contributed by atoms with Gasteiger partial charge in [0.15, 0.2) is 0 Å². The fourth-order valence-electron chi connectivity index (χ4n) is 1.16. The minimum absolute atomic E-state index is 0.0235. The van der Waals surface area contributed by atoms with E-state index >= 15 is 0 Å². The van der Waals surface area contributed by atoms with Gasteiger partial charge in [0.2, 0.25) is 0 Å². The van der Waals surface area contributed by atoms with Crippen LogP contribution in [0.2, 0.25) is 0 Å². The van der Waals surface area contributed by atoms with E-state index in [4.69, 9.17) is 9.31 Å². The molecule has 1 aliphatic rings. The number of rotatable bonds is 1. The maximum Gasteiger partial charge on any atom is 0.637 e. The molecule has 5 nitrogen and oxygen atoms in total. The van der Waals surface area contributed by atoms with E-state index in [9.17, 15) is 9.59 Å². The number of thiophene rings is 1. The third kappa shape index (κ3) is 2.57. The van der Waals surface area contributed by atoms with Crippen LogP contribution < -0.4 is 10.8 Å². The second kappa shape index (κ2) is 4.46. The SMILES string of the molecule is O=C1CNCC(=O)OB(c2ccsc2)O1. The summed E-state index contributed by atoms with van der Waals surface area (Å²) in [5, 5.41) is 6.21. The number of nitrogens with one attached hydrogen (secondary N) is 1. The van der Waals surface area contributed by atoms with Crippen molar-refractivity contribution in [1.82, 2.24) is 5.32 Å². The summed E-state index contributed by atoms with van der Waals surface area (Å²) in [5.41, 5.74) is 0.684. The second-order valence-electron chi connectivity index (χ2n) is 2.97. The van der Waals surface area contributed by atoms with E-state index in [1.54, 1.807) is 11.4 Å². The van der Waals surface area contributed by atoms with Gasteiger partial charge in [0.05, 0.1) is 13.1 Å². The molecule has 2 rings (SSSR count). The average Bonchev–Trinajstić information content (AvgIpc) is 2.66. The first kappa shape index (κ1) is 10.2. The molecular formula is C8H8BNO4S. The van der Waals surface area contributed by atoms with Gasteiger partial charge >= 0.3 is 19.1 Å². The Morgan fingerprint density at radius 2 is 1.93 bits per heavy atom. The van der Waals surface area contributed by atoms with Gasteiger partial charge in [0, 0.05) is 5.46 Å². The molecule has 2 heterocycles. The van der Waals surface area contributed by atoms with Gasteiger partial charge in [-0.25, -0.2) is 0 Å². The van der Waals surface area contributed by atoms with E-state index in [0.29, 0.717) is 5.46 Å². The monoisotopic (exact) mass is 225 g/mol. The van der Waals surface area contributed by atoms with Crippen LogP contribution in [-0.2, 0) is 18.9 Å². The summed E-state index contributed by atoms with van der Waals surface area (Å²) in [4.78, 5) is 22.4. The molecule has 15 heavy (non-hydrogen) atoms. The van der Waals surface area contributed by atoms with Crippen LogP contribution in [0.5, 0.6) is 0 Å². The summed E-state index contributed by atoms with van der Waals surface area (Å²) in [6, 6.07) is 1.75. The van der Waals surface area contributed by atoms with Crippen molar-refractivity contribution in [3.05, 3.63) is 16.8 Å². The molecule has 1 aromatic heterocycles. The van der Waals surface area contributed by atoms with Crippen molar-refractivity contribution in [1.29, 1.82) is 0 Å². The lowest BCUT2D eigenvalue weighted by atomic mass is 9.81. The number of carbonyl (C=O) groups is 2. The van der Waals surface area contributed by atoms with Crippen molar-refractivity contribution in [3.63, 3.8) is 0 Å². The Morgan fingerprint density at radius 1 is 1.27 bits per heavy atom. The van der Waals surface area contributed by atoms with Crippen LogP contribution in [0.4, 0.5) is 0 Å². The lowest BCUT2D eigenvalue weighted by Crippen LogP contribution is -2.46. The highest BCUT2D eigenvalue weighted by Crippen LogP contribution is 2.00. The van der Waals surface area contributed by atoms with Crippen LogP contribution in [-0.4, -0.2) is 32.1 Å². The van der Waals surface area contributed by atoms with Crippen LogP contribution in [0.15, 0.2) is 16.8 Å². The Kier molecular flexibility index (Phi) is 3.03. The van der Waals surface area contributed by atoms with Crippen molar-refractivity contribution < 1.29 is 18.9 Å². The molecule has 0 atom stereocenters. The first-order valence-electron chi connectivity index (χ1n) is 4.37. The zero-order valence-electron chi connectivity index (χ0n) is 7.76. The van der Waals surface area contributed by atoms with Crippen LogP contribution in [0.3, 0.4) is 0 Å². The molecule has 1 saturated heterocycles. The number of hydrogen-bond acceptors (Lipinski definition) is 6. The normalized spacial score (nSPS) is 17.7. The van der Waals surface area contributed by atoms with Gasteiger partial charge in [-0.05, 0) is 16.8 Å².